The van der Waals surface area contributed by atoms with Crippen LogP contribution in [0.2, 0.25) is 0 Å². The molecule has 0 N–H and O–H groups in total. The van der Waals surface area contributed by atoms with Crippen LogP contribution in [0.15, 0.2) is 23.9 Å². The van der Waals surface area contributed by atoms with Crippen LogP contribution in [-0.4, -0.2) is 4.92 Å². The first-order chi connectivity index (χ1) is 6.49. The van der Waals surface area contributed by atoms with E-state index in [4.69, 9.17) is 0 Å². The number of rotatable bonds is 2. The third kappa shape index (κ3) is 2.62. The largest absolute Gasteiger partial charge is 0.259 e. The zero-order valence-electron chi connectivity index (χ0n) is 7.33. The van der Waals surface area contributed by atoms with Gasteiger partial charge in [0.05, 0.1) is 4.92 Å². The van der Waals surface area contributed by atoms with Crippen LogP contribution in [0.25, 0.3) is 6.08 Å². The van der Waals surface area contributed by atoms with E-state index in [1.807, 2.05) is 0 Å². The maximum atomic E-state index is 12.6. The van der Waals surface area contributed by atoms with Gasteiger partial charge in [0.1, 0.15) is 11.6 Å². The Labute approximate surface area is 78.8 Å². The summed E-state index contributed by atoms with van der Waals surface area (Å²) in [5, 5.41) is 10.2. The Hall–Kier alpha value is -1.78. The van der Waals surface area contributed by atoms with Crippen molar-refractivity contribution in [1.82, 2.24) is 0 Å². The standard InChI is InChI=1S/C9H7F2NO2/c1-6(12(13)14)2-7-3-8(10)5-9(11)4-7/h2-5H,1H3/b6-2-. The monoisotopic (exact) mass is 199 g/mol. The fourth-order valence-electron chi connectivity index (χ4n) is 0.952. The summed E-state index contributed by atoms with van der Waals surface area (Å²) in [5.74, 6) is -1.51. The molecule has 1 aromatic rings. The van der Waals surface area contributed by atoms with Crippen molar-refractivity contribution in [2.24, 2.45) is 0 Å². The van der Waals surface area contributed by atoms with Crippen molar-refractivity contribution in [3.63, 3.8) is 0 Å². The van der Waals surface area contributed by atoms with E-state index in [1.54, 1.807) is 0 Å². The minimum Gasteiger partial charge on any atom is -0.259 e. The summed E-state index contributed by atoms with van der Waals surface area (Å²) in [5.41, 5.74) is -0.0355. The maximum absolute atomic E-state index is 12.6. The smallest absolute Gasteiger partial charge is 0.243 e. The SMILES string of the molecule is C/C(=C/c1cc(F)cc(F)c1)[N+](=O)[O-]. The van der Waals surface area contributed by atoms with E-state index in [9.17, 15) is 18.9 Å². The maximum Gasteiger partial charge on any atom is 0.243 e. The van der Waals surface area contributed by atoms with E-state index in [1.165, 1.54) is 6.92 Å². The molecule has 0 atom stereocenters. The second kappa shape index (κ2) is 3.95. The highest BCUT2D eigenvalue weighted by molar-refractivity contribution is 5.50. The Morgan fingerprint density at radius 1 is 1.36 bits per heavy atom. The highest BCUT2D eigenvalue weighted by atomic mass is 19.1. The van der Waals surface area contributed by atoms with Gasteiger partial charge in [0.2, 0.25) is 5.70 Å². The highest BCUT2D eigenvalue weighted by Crippen LogP contribution is 2.11. The van der Waals surface area contributed by atoms with E-state index in [0.29, 0.717) is 6.07 Å². The second-order valence-electron chi connectivity index (χ2n) is 2.75. The molecule has 0 spiro atoms. The van der Waals surface area contributed by atoms with Crippen molar-refractivity contribution in [3.05, 3.63) is 51.2 Å². The molecule has 0 aliphatic carbocycles. The predicted molar refractivity (Wildman–Crippen MR) is 47.0 cm³/mol. The Kier molecular flexibility index (Phi) is 2.91. The molecule has 0 saturated heterocycles. The van der Waals surface area contributed by atoms with Crippen LogP contribution >= 0.6 is 0 Å². The molecule has 0 aromatic heterocycles. The number of allylic oxidation sites excluding steroid dienone is 1. The summed E-state index contributed by atoms with van der Waals surface area (Å²) >= 11 is 0. The van der Waals surface area contributed by atoms with E-state index in [0.717, 1.165) is 18.2 Å². The fraction of sp³-hybridized carbons (Fsp3) is 0.111. The van der Waals surface area contributed by atoms with Gasteiger partial charge in [-0.25, -0.2) is 8.78 Å². The van der Waals surface area contributed by atoms with Gasteiger partial charge >= 0.3 is 0 Å². The first-order valence-electron chi connectivity index (χ1n) is 3.78. The molecule has 0 aliphatic rings. The molecular formula is C9H7F2NO2. The van der Waals surface area contributed by atoms with Crippen LogP contribution in [0.5, 0.6) is 0 Å². The summed E-state index contributed by atoms with van der Waals surface area (Å²) in [6.45, 7) is 1.25. The third-order valence-electron chi connectivity index (χ3n) is 1.55. The minimum atomic E-state index is -0.757. The lowest BCUT2D eigenvalue weighted by atomic mass is 10.2. The number of hydrogen-bond acceptors (Lipinski definition) is 2. The summed E-state index contributed by atoms with van der Waals surface area (Å²) in [6, 6.07) is 2.75. The minimum absolute atomic E-state index is 0.136. The van der Waals surface area contributed by atoms with Crippen molar-refractivity contribution >= 4 is 6.08 Å². The zero-order valence-corrected chi connectivity index (χ0v) is 7.33. The molecule has 0 unspecified atom stereocenters. The van der Waals surface area contributed by atoms with Gasteiger partial charge < -0.3 is 0 Å². The Balaban J connectivity index is 3.08. The summed E-state index contributed by atoms with van der Waals surface area (Å²) in [7, 11) is 0. The summed E-state index contributed by atoms with van der Waals surface area (Å²) in [6.07, 6.45) is 1.10. The first-order valence-corrected chi connectivity index (χ1v) is 3.78. The van der Waals surface area contributed by atoms with Crippen molar-refractivity contribution in [1.29, 1.82) is 0 Å². The summed E-state index contributed by atoms with van der Waals surface area (Å²) < 4.78 is 25.3. The van der Waals surface area contributed by atoms with Crippen molar-refractivity contribution in [2.75, 3.05) is 0 Å². The lowest BCUT2D eigenvalue weighted by Gasteiger charge is -1.95. The topological polar surface area (TPSA) is 43.1 Å². The van der Waals surface area contributed by atoms with Crippen LogP contribution in [0.1, 0.15) is 12.5 Å². The van der Waals surface area contributed by atoms with Crippen molar-refractivity contribution < 1.29 is 13.7 Å². The second-order valence-corrected chi connectivity index (χ2v) is 2.75. The Morgan fingerprint density at radius 3 is 2.29 bits per heavy atom. The van der Waals surface area contributed by atoms with Gasteiger partial charge in [-0.3, -0.25) is 10.1 Å². The lowest BCUT2D eigenvalue weighted by Crippen LogP contribution is -1.93. The van der Waals surface area contributed by atoms with Gasteiger partial charge in [0.25, 0.3) is 0 Å². The molecule has 0 bridgehead atoms. The van der Waals surface area contributed by atoms with E-state index in [2.05, 4.69) is 0 Å². The van der Waals surface area contributed by atoms with E-state index >= 15 is 0 Å². The molecule has 0 aliphatic heterocycles. The summed E-state index contributed by atoms with van der Waals surface area (Å²) in [4.78, 5) is 9.60. The van der Waals surface area contributed by atoms with Gasteiger partial charge in [0, 0.05) is 19.1 Å². The molecular weight excluding hydrogens is 192 g/mol. The molecule has 5 heteroatoms. The van der Waals surface area contributed by atoms with Crippen molar-refractivity contribution in [2.45, 2.75) is 6.92 Å². The Morgan fingerprint density at radius 2 is 1.86 bits per heavy atom. The van der Waals surface area contributed by atoms with Crippen LogP contribution in [0.4, 0.5) is 8.78 Å². The van der Waals surface area contributed by atoms with Gasteiger partial charge in [-0.1, -0.05) is 0 Å². The lowest BCUT2D eigenvalue weighted by molar-refractivity contribution is -0.422. The Bertz CT molecular complexity index is 382. The van der Waals surface area contributed by atoms with Gasteiger partial charge in [0.15, 0.2) is 0 Å². The molecule has 74 valence electrons. The van der Waals surface area contributed by atoms with E-state index < -0.39 is 16.6 Å². The van der Waals surface area contributed by atoms with E-state index in [-0.39, 0.29) is 11.3 Å². The molecule has 0 saturated carbocycles. The number of benzene rings is 1. The average Bonchev–Trinajstić information content (AvgIpc) is 2.01. The normalized spacial score (nSPS) is 11.5. The van der Waals surface area contributed by atoms with Crippen molar-refractivity contribution in [3.8, 4) is 0 Å². The average molecular weight is 199 g/mol. The fourth-order valence-corrected chi connectivity index (χ4v) is 0.952. The van der Waals surface area contributed by atoms with Gasteiger partial charge in [-0.05, 0) is 17.7 Å². The number of hydrogen-bond donors (Lipinski definition) is 0. The molecule has 0 fully saturated rings. The van der Waals surface area contributed by atoms with Crippen LogP contribution in [-0.2, 0) is 0 Å². The first kappa shape index (κ1) is 10.3. The van der Waals surface area contributed by atoms with Gasteiger partial charge in [-0.2, -0.15) is 0 Å². The predicted octanol–water partition coefficient (Wildman–Crippen LogP) is 2.60. The number of nitrogens with zero attached hydrogens (tertiary/aromatic N) is 1. The number of nitro groups is 1. The zero-order chi connectivity index (χ0) is 10.7. The van der Waals surface area contributed by atoms with Crippen LogP contribution in [0, 0.1) is 21.7 Å². The molecule has 0 heterocycles. The molecule has 3 nitrogen and oxygen atoms in total. The van der Waals surface area contributed by atoms with Crippen LogP contribution in [0.3, 0.4) is 0 Å². The van der Waals surface area contributed by atoms with Gasteiger partial charge in [-0.15, -0.1) is 0 Å². The molecule has 1 rings (SSSR count). The molecule has 14 heavy (non-hydrogen) atoms. The molecule has 1 aromatic carbocycles. The number of halogens is 2. The third-order valence-corrected chi connectivity index (χ3v) is 1.55. The van der Waals surface area contributed by atoms with Crippen LogP contribution < -0.4 is 0 Å². The molecule has 0 radical (unpaired) electrons. The highest BCUT2D eigenvalue weighted by Gasteiger charge is 2.04. The quantitative estimate of drug-likeness (QED) is 0.542. The molecule has 0 amide bonds.